The number of phenolic OH excluding ortho intramolecular Hbond substituents is 1. The molecule has 0 aliphatic carbocycles. The topological polar surface area (TPSA) is 45.1 Å². The Balaban J connectivity index is 1.85. The van der Waals surface area contributed by atoms with Crippen LogP contribution < -0.4 is 5.32 Å². The highest BCUT2D eigenvalue weighted by atomic mass is 16.3. The smallest absolute Gasteiger partial charge is 0.115 e. The molecule has 0 aliphatic rings. The molecule has 0 fully saturated rings. The second-order valence-electron chi connectivity index (χ2n) is 4.03. The SMILES string of the molecule is Cc1cc(NCCc2ccc(O)cc2)ccn1. The summed E-state index contributed by atoms with van der Waals surface area (Å²) in [5, 5.41) is 12.5. The minimum absolute atomic E-state index is 0.312. The molecule has 0 amide bonds. The molecule has 1 aromatic carbocycles. The van der Waals surface area contributed by atoms with Crippen molar-refractivity contribution in [2.24, 2.45) is 0 Å². The Hall–Kier alpha value is -2.03. The normalized spacial score (nSPS) is 10.2. The molecule has 1 heterocycles. The number of phenols is 1. The predicted octanol–water partition coefficient (Wildman–Crippen LogP) is 2.75. The van der Waals surface area contributed by atoms with Crippen LogP contribution >= 0.6 is 0 Å². The standard InChI is InChI=1S/C14H16N2O/c1-11-10-13(7-9-15-11)16-8-6-12-2-4-14(17)5-3-12/h2-5,7,9-10,17H,6,8H2,1H3,(H,15,16). The van der Waals surface area contributed by atoms with Gasteiger partial charge in [-0.05, 0) is 43.2 Å². The van der Waals surface area contributed by atoms with Gasteiger partial charge in [0.25, 0.3) is 0 Å². The molecular weight excluding hydrogens is 212 g/mol. The van der Waals surface area contributed by atoms with E-state index in [9.17, 15) is 0 Å². The fraction of sp³-hybridized carbons (Fsp3) is 0.214. The molecule has 0 saturated heterocycles. The van der Waals surface area contributed by atoms with E-state index in [0.29, 0.717) is 5.75 Å². The molecule has 2 aromatic rings. The summed E-state index contributed by atoms with van der Waals surface area (Å²) >= 11 is 0. The third kappa shape index (κ3) is 3.48. The van der Waals surface area contributed by atoms with Crippen LogP contribution in [0.1, 0.15) is 11.3 Å². The zero-order valence-corrected chi connectivity index (χ0v) is 9.85. The summed E-state index contributed by atoms with van der Waals surface area (Å²) in [6, 6.07) is 11.3. The molecule has 17 heavy (non-hydrogen) atoms. The van der Waals surface area contributed by atoms with Crippen LogP contribution in [-0.2, 0) is 6.42 Å². The lowest BCUT2D eigenvalue weighted by Gasteiger charge is -2.06. The van der Waals surface area contributed by atoms with Crippen LogP contribution in [-0.4, -0.2) is 16.6 Å². The number of rotatable bonds is 4. The first-order valence-corrected chi connectivity index (χ1v) is 5.68. The Kier molecular flexibility index (Phi) is 3.60. The number of hydrogen-bond acceptors (Lipinski definition) is 3. The van der Waals surface area contributed by atoms with E-state index >= 15 is 0 Å². The summed E-state index contributed by atoms with van der Waals surface area (Å²) < 4.78 is 0. The van der Waals surface area contributed by atoms with Gasteiger partial charge in [-0.3, -0.25) is 4.98 Å². The molecule has 0 aliphatic heterocycles. The van der Waals surface area contributed by atoms with E-state index in [-0.39, 0.29) is 0 Å². The Labute approximate surface area is 101 Å². The van der Waals surface area contributed by atoms with Crippen molar-refractivity contribution in [3.05, 3.63) is 53.9 Å². The van der Waals surface area contributed by atoms with Gasteiger partial charge in [0.1, 0.15) is 5.75 Å². The van der Waals surface area contributed by atoms with E-state index in [0.717, 1.165) is 24.3 Å². The lowest BCUT2D eigenvalue weighted by Crippen LogP contribution is -2.04. The van der Waals surface area contributed by atoms with Crippen molar-refractivity contribution in [2.45, 2.75) is 13.3 Å². The van der Waals surface area contributed by atoms with Crippen molar-refractivity contribution in [3.8, 4) is 5.75 Å². The lowest BCUT2D eigenvalue weighted by molar-refractivity contribution is 0.475. The van der Waals surface area contributed by atoms with Gasteiger partial charge in [-0.25, -0.2) is 0 Å². The maximum absolute atomic E-state index is 9.17. The lowest BCUT2D eigenvalue weighted by atomic mass is 10.1. The van der Waals surface area contributed by atoms with Gasteiger partial charge < -0.3 is 10.4 Å². The molecular formula is C14H16N2O. The third-order valence-corrected chi connectivity index (χ3v) is 2.58. The number of anilines is 1. The van der Waals surface area contributed by atoms with E-state index in [4.69, 9.17) is 5.11 Å². The molecule has 1 aromatic heterocycles. The Bertz CT molecular complexity index is 480. The van der Waals surface area contributed by atoms with Crippen LogP contribution in [0, 0.1) is 6.92 Å². The molecule has 3 heteroatoms. The first kappa shape index (κ1) is 11.5. The maximum atomic E-state index is 9.17. The van der Waals surface area contributed by atoms with E-state index in [1.54, 1.807) is 18.3 Å². The fourth-order valence-electron chi connectivity index (χ4n) is 1.67. The summed E-state index contributed by atoms with van der Waals surface area (Å²) in [5.74, 6) is 0.312. The highest BCUT2D eigenvalue weighted by Gasteiger charge is 1.95. The van der Waals surface area contributed by atoms with Gasteiger partial charge >= 0.3 is 0 Å². The first-order valence-electron chi connectivity index (χ1n) is 5.68. The van der Waals surface area contributed by atoms with Gasteiger partial charge in [0, 0.05) is 24.1 Å². The van der Waals surface area contributed by atoms with E-state index in [2.05, 4.69) is 10.3 Å². The Morgan fingerprint density at radius 1 is 1.18 bits per heavy atom. The van der Waals surface area contributed by atoms with Crippen molar-refractivity contribution in [2.75, 3.05) is 11.9 Å². The van der Waals surface area contributed by atoms with Gasteiger partial charge in [-0.1, -0.05) is 12.1 Å². The largest absolute Gasteiger partial charge is 0.508 e. The first-order chi connectivity index (χ1) is 8.24. The monoisotopic (exact) mass is 228 g/mol. The average molecular weight is 228 g/mol. The second kappa shape index (κ2) is 5.34. The van der Waals surface area contributed by atoms with Crippen LogP contribution in [0.5, 0.6) is 5.75 Å². The molecule has 2 N–H and O–H groups in total. The number of pyridine rings is 1. The summed E-state index contributed by atoms with van der Waals surface area (Å²) in [7, 11) is 0. The van der Waals surface area contributed by atoms with Crippen molar-refractivity contribution >= 4 is 5.69 Å². The van der Waals surface area contributed by atoms with Crippen LogP contribution in [0.2, 0.25) is 0 Å². The predicted molar refractivity (Wildman–Crippen MR) is 69.3 cm³/mol. The summed E-state index contributed by atoms with van der Waals surface area (Å²) in [6.07, 6.45) is 2.74. The average Bonchev–Trinajstić information content (AvgIpc) is 2.32. The van der Waals surface area contributed by atoms with Crippen molar-refractivity contribution in [3.63, 3.8) is 0 Å². The zero-order chi connectivity index (χ0) is 12.1. The van der Waals surface area contributed by atoms with Crippen LogP contribution in [0.4, 0.5) is 5.69 Å². The molecule has 0 saturated carbocycles. The van der Waals surface area contributed by atoms with Crippen LogP contribution in [0.25, 0.3) is 0 Å². The van der Waals surface area contributed by atoms with Gasteiger partial charge in [0.05, 0.1) is 0 Å². The molecule has 0 unspecified atom stereocenters. The van der Waals surface area contributed by atoms with Gasteiger partial charge in [-0.15, -0.1) is 0 Å². The zero-order valence-electron chi connectivity index (χ0n) is 9.85. The summed E-state index contributed by atoms with van der Waals surface area (Å²) in [6.45, 7) is 2.85. The Morgan fingerprint density at radius 3 is 2.65 bits per heavy atom. The minimum atomic E-state index is 0.312. The van der Waals surface area contributed by atoms with Crippen molar-refractivity contribution < 1.29 is 5.11 Å². The fourth-order valence-corrected chi connectivity index (χ4v) is 1.67. The summed E-state index contributed by atoms with van der Waals surface area (Å²) in [5.41, 5.74) is 3.32. The summed E-state index contributed by atoms with van der Waals surface area (Å²) in [4.78, 5) is 4.15. The Morgan fingerprint density at radius 2 is 1.94 bits per heavy atom. The number of nitrogens with one attached hydrogen (secondary N) is 1. The highest BCUT2D eigenvalue weighted by Crippen LogP contribution is 2.11. The molecule has 3 nitrogen and oxygen atoms in total. The number of aryl methyl sites for hydroxylation is 1. The van der Waals surface area contributed by atoms with Crippen LogP contribution in [0.15, 0.2) is 42.6 Å². The molecule has 0 atom stereocenters. The van der Waals surface area contributed by atoms with E-state index in [1.165, 1.54) is 5.56 Å². The minimum Gasteiger partial charge on any atom is -0.508 e. The number of nitrogens with zero attached hydrogens (tertiary/aromatic N) is 1. The van der Waals surface area contributed by atoms with E-state index < -0.39 is 0 Å². The molecule has 0 spiro atoms. The van der Waals surface area contributed by atoms with Crippen molar-refractivity contribution in [1.29, 1.82) is 0 Å². The quantitative estimate of drug-likeness (QED) is 0.845. The number of hydrogen-bond donors (Lipinski definition) is 2. The number of aromatic hydroxyl groups is 1. The van der Waals surface area contributed by atoms with Crippen LogP contribution in [0.3, 0.4) is 0 Å². The van der Waals surface area contributed by atoms with Gasteiger partial charge in [0.2, 0.25) is 0 Å². The van der Waals surface area contributed by atoms with Gasteiger partial charge in [0.15, 0.2) is 0 Å². The number of aromatic nitrogens is 1. The molecule has 88 valence electrons. The van der Waals surface area contributed by atoms with E-state index in [1.807, 2.05) is 31.2 Å². The third-order valence-electron chi connectivity index (χ3n) is 2.58. The van der Waals surface area contributed by atoms with Gasteiger partial charge in [-0.2, -0.15) is 0 Å². The maximum Gasteiger partial charge on any atom is 0.115 e. The molecule has 0 radical (unpaired) electrons. The molecule has 0 bridgehead atoms. The van der Waals surface area contributed by atoms with Crippen molar-refractivity contribution in [1.82, 2.24) is 4.98 Å². The highest BCUT2D eigenvalue weighted by molar-refractivity contribution is 5.43. The molecule has 2 rings (SSSR count). The second-order valence-corrected chi connectivity index (χ2v) is 4.03. The number of benzene rings is 1.